The molecule has 0 fully saturated rings. The van der Waals surface area contributed by atoms with Gasteiger partial charge < -0.3 is 4.74 Å². The molecule has 0 saturated heterocycles. The predicted octanol–water partition coefficient (Wildman–Crippen LogP) is 3.13. The number of carbonyl (C=O) groups is 1. The Balaban J connectivity index is 2.50. The Bertz CT molecular complexity index is 361. The molecule has 1 rings (SSSR count). The first kappa shape index (κ1) is 12.8. The first-order chi connectivity index (χ1) is 7.65. The third-order valence-electron chi connectivity index (χ3n) is 2.38. The van der Waals surface area contributed by atoms with Crippen LogP contribution in [0.1, 0.15) is 35.7 Å². The number of hydrogen-bond donors (Lipinski definition) is 0. The van der Waals surface area contributed by atoms with Crippen molar-refractivity contribution in [3.63, 3.8) is 0 Å². The second-order valence-corrected chi connectivity index (χ2v) is 3.69. The molecule has 1 aromatic carbocycles. The zero-order valence-electron chi connectivity index (χ0n) is 9.75. The van der Waals surface area contributed by atoms with Crippen molar-refractivity contribution >= 4 is 5.78 Å². The lowest BCUT2D eigenvalue weighted by atomic mass is 10.0. The van der Waals surface area contributed by atoms with Gasteiger partial charge in [0.05, 0.1) is 0 Å². The fraction of sp³-hybridized carbons (Fsp3) is 0.462. The minimum atomic E-state index is -0.272. The van der Waals surface area contributed by atoms with Crippen molar-refractivity contribution in [1.29, 1.82) is 0 Å². The average molecular weight is 224 g/mol. The molecule has 0 unspecified atom stereocenters. The third kappa shape index (κ3) is 3.74. The molecule has 0 atom stereocenters. The van der Waals surface area contributed by atoms with Gasteiger partial charge in [-0.05, 0) is 44.0 Å². The fourth-order valence-electron chi connectivity index (χ4n) is 1.44. The van der Waals surface area contributed by atoms with Crippen molar-refractivity contribution in [2.75, 3.05) is 13.2 Å². The van der Waals surface area contributed by atoms with Crippen LogP contribution >= 0.6 is 0 Å². The number of Topliss-reactive ketones (excluding diaryl/α,β-unsaturated/α-hetero) is 1. The topological polar surface area (TPSA) is 26.3 Å². The van der Waals surface area contributed by atoms with Gasteiger partial charge in [0.25, 0.3) is 0 Å². The molecule has 0 aliphatic rings. The van der Waals surface area contributed by atoms with E-state index in [1.807, 2.05) is 6.92 Å². The molecule has 3 heteroatoms. The van der Waals surface area contributed by atoms with E-state index in [1.165, 1.54) is 12.1 Å². The normalized spacial score (nSPS) is 10.4. The van der Waals surface area contributed by atoms with Crippen molar-refractivity contribution in [3.05, 3.63) is 35.1 Å². The summed E-state index contributed by atoms with van der Waals surface area (Å²) in [4.78, 5) is 11.7. The van der Waals surface area contributed by atoms with Gasteiger partial charge in [0.15, 0.2) is 5.78 Å². The molecule has 88 valence electrons. The van der Waals surface area contributed by atoms with Crippen LogP contribution in [0.5, 0.6) is 0 Å². The molecule has 0 aromatic heterocycles. The Morgan fingerprint density at radius 3 is 2.81 bits per heavy atom. The van der Waals surface area contributed by atoms with Gasteiger partial charge in [-0.3, -0.25) is 4.79 Å². The smallest absolute Gasteiger partial charge is 0.162 e. The van der Waals surface area contributed by atoms with Gasteiger partial charge in [-0.15, -0.1) is 0 Å². The van der Waals surface area contributed by atoms with E-state index < -0.39 is 0 Å². The zero-order valence-corrected chi connectivity index (χ0v) is 9.75. The number of rotatable bonds is 6. The Morgan fingerprint density at radius 2 is 2.19 bits per heavy atom. The van der Waals surface area contributed by atoms with Crippen molar-refractivity contribution in [2.45, 2.75) is 26.7 Å². The number of benzene rings is 1. The molecule has 1 aromatic rings. The third-order valence-corrected chi connectivity index (χ3v) is 2.38. The van der Waals surface area contributed by atoms with Crippen LogP contribution in [-0.2, 0) is 4.74 Å². The van der Waals surface area contributed by atoms with E-state index in [4.69, 9.17) is 4.74 Å². The lowest BCUT2D eigenvalue weighted by Crippen LogP contribution is -2.03. The Labute approximate surface area is 95.4 Å². The molecule has 0 radical (unpaired) electrons. The highest BCUT2D eigenvalue weighted by Gasteiger charge is 2.07. The lowest BCUT2D eigenvalue weighted by molar-refractivity contribution is 0.0947. The largest absolute Gasteiger partial charge is 0.382 e. The summed E-state index contributed by atoms with van der Waals surface area (Å²) < 4.78 is 18.1. The molecule has 0 heterocycles. The summed E-state index contributed by atoms with van der Waals surface area (Å²) in [5.74, 6) is -0.228. The van der Waals surface area contributed by atoms with Gasteiger partial charge in [0, 0.05) is 25.2 Å². The molecule has 0 spiro atoms. The van der Waals surface area contributed by atoms with E-state index in [9.17, 15) is 9.18 Å². The van der Waals surface area contributed by atoms with Crippen molar-refractivity contribution in [1.82, 2.24) is 0 Å². The van der Waals surface area contributed by atoms with Crippen molar-refractivity contribution in [2.24, 2.45) is 0 Å². The van der Waals surface area contributed by atoms with Crippen LogP contribution < -0.4 is 0 Å². The molecule has 0 bridgehead atoms. The maximum atomic E-state index is 13.0. The van der Waals surface area contributed by atoms with Crippen LogP contribution in [0.4, 0.5) is 4.39 Å². The van der Waals surface area contributed by atoms with Crippen molar-refractivity contribution in [3.8, 4) is 0 Å². The van der Waals surface area contributed by atoms with Crippen LogP contribution in [0, 0.1) is 12.7 Å². The summed E-state index contributed by atoms with van der Waals surface area (Å²) in [7, 11) is 0. The van der Waals surface area contributed by atoms with Gasteiger partial charge in [-0.1, -0.05) is 0 Å². The fourth-order valence-corrected chi connectivity index (χ4v) is 1.44. The number of ether oxygens (including phenoxy) is 1. The average Bonchev–Trinajstić information content (AvgIpc) is 2.28. The molecule has 0 aliphatic heterocycles. The van der Waals surface area contributed by atoms with E-state index >= 15 is 0 Å². The standard InChI is InChI=1S/C13H17FO2/c1-3-16-8-4-5-13(15)11-6-7-12(14)10(2)9-11/h6-7,9H,3-5,8H2,1-2H3. The lowest BCUT2D eigenvalue weighted by Gasteiger charge is -2.03. The molecular weight excluding hydrogens is 207 g/mol. The summed E-state index contributed by atoms with van der Waals surface area (Å²) >= 11 is 0. The molecule has 0 N–H and O–H groups in total. The SMILES string of the molecule is CCOCCCC(=O)c1ccc(F)c(C)c1. The zero-order chi connectivity index (χ0) is 12.0. The van der Waals surface area contributed by atoms with Crippen LogP contribution in [0.2, 0.25) is 0 Å². The van der Waals surface area contributed by atoms with Gasteiger partial charge in [-0.2, -0.15) is 0 Å². The summed E-state index contributed by atoms with van der Waals surface area (Å²) in [5, 5.41) is 0. The van der Waals surface area contributed by atoms with E-state index in [0.717, 1.165) is 0 Å². The number of halogens is 1. The quantitative estimate of drug-likeness (QED) is 0.548. The second-order valence-electron chi connectivity index (χ2n) is 3.69. The Hall–Kier alpha value is -1.22. The van der Waals surface area contributed by atoms with E-state index in [0.29, 0.717) is 37.2 Å². The monoisotopic (exact) mass is 224 g/mol. The van der Waals surface area contributed by atoms with Crippen LogP contribution in [0.15, 0.2) is 18.2 Å². The molecule has 0 aliphatic carbocycles. The van der Waals surface area contributed by atoms with Gasteiger partial charge in [-0.25, -0.2) is 4.39 Å². The first-order valence-electron chi connectivity index (χ1n) is 5.52. The summed E-state index contributed by atoms with van der Waals surface area (Å²) in [6.07, 6.45) is 1.16. The molecule has 16 heavy (non-hydrogen) atoms. The summed E-state index contributed by atoms with van der Waals surface area (Å²) in [6.45, 7) is 4.85. The van der Waals surface area contributed by atoms with Gasteiger partial charge in [0.1, 0.15) is 5.82 Å². The molecule has 0 amide bonds. The minimum absolute atomic E-state index is 0.0443. The highest BCUT2D eigenvalue weighted by molar-refractivity contribution is 5.96. The van der Waals surface area contributed by atoms with E-state index in [2.05, 4.69) is 0 Å². The molecular formula is C13H17FO2. The summed E-state index contributed by atoms with van der Waals surface area (Å²) in [6, 6.07) is 4.47. The van der Waals surface area contributed by atoms with Crippen LogP contribution in [-0.4, -0.2) is 19.0 Å². The first-order valence-corrected chi connectivity index (χ1v) is 5.52. The van der Waals surface area contributed by atoms with Crippen molar-refractivity contribution < 1.29 is 13.9 Å². The van der Waals surface area contributed by atoms with E-state index in [-0.39, 0.29) is 11.6 Å². The molecule has 2 nitrogen and oxygen atoms in total. The number of hydrogen-bond acceptors (Lipinski definition) is 2. The van der Waals surface area contributed by atoms with Crippen LogP contribution in [0.3, 0.4) is 0 Å². The highest BCUT2D eigenvalue weighted by atomic mass is 19.1. The van der Waals surface area contributed by atoms with Crippen LogP contribution in [0.25, 0.3) is 0 Å². The van der Waals surface area contributed by atoms with E-state index in [1.54, 1.807) is 13.0 Å². The Kier molecular flexibility index (Phi) is 5.12. The maximum absolute atomic E-state index is 13.0. The van der Waals surface area contributed by atoms with Gasteiger partial charge in [0.2, 0.25) is 0 Å². The maximum Gasteiger partial charge on any atom is 0.162 e. The number of aryl methyl sites for hydroxylation is 1. The highest BCUT2D eigenvalue weighted by Crippen LogP contribution is 2.11. The number of ketones is 1. The predicted molar refractivity (Wildman–Crippen MR) is 61.2 cm³/mol. The van der Waals surface area contributed by atoms with Gasteiger partial charge >= 0.3 is 0 Å². The second kappa shape index (κ2) is 6.38. The molecule has 0 saturated carbocycles. The minimum Gasteiger partial charge on any atom is -0.382 e. The summed E-state index contributed by atoms with van der Waals surface area (Å²) in [5.41, 5.74) is 1.09. The Morgan fingerprint density at radius 1 is 1.44 bits per heavy atom. The number of carbonyl (C=O) groups excluding carboxylic acids is 1.